The Balaban J connectivity index is 2.12. The van der Waals surface area contributed by atoms with Crippen molar-refractivity contribution in [2.45, 2.75) is 64.9 Å². The number of hydrogen-bond acceptors (Lipinski definition) is 3. The number of ether oxygens (including phenoxy) is 1. The van der Waals surface area contributed by atoms with Crippen molar-refractivity contribution in [3.63, 3.8) is 0 Å². The van der Waals surface area contributed by atoms with E-state index in [2.05, 4.69) is 6.92 Å². The van der Waals surface area contributed by atoms with E-state index in [0.29, 0.717) is 17.7 Å². The second-order valence-electron chi connectivity index (χ2n) is 5.40. The molecule has 3 nitrogen and oxygen atoms in total. The van der Waals surface area contributed by atoms with E-state index in [0.717, 1.165) is 31.2 Å². The number of phenolic OH excluding ortho intramolecular Hbond substituents is 2. The molecule has 0 fully saturated rings. The Bertz CT molecular complexity index is 440. The molecule has 0 aliphatic carbocycles. The average molecular weight is 264 g/mol. The van der Waals surface area contributed by atoms with E-state index in [-0.39, 0.29) is 17.6 Å². The quantitative estimate of drug-likeness (QED) is 0.765. The van der Waals surface area contributed by atoms with E-state index in [4.69, 9.17) is 4.74 Å². The van der Waals surface area contributed by atoms with Gasteiger partial charge in [0.2, 0.25) is 0 Å². The van der Waals surface area contributed by atoms with Crippen LogP contribution < -0.4 is 4.74 Å². The summed E-state index contributed by atoms with van der Waals surface area (Å²) in [5.41, 5.74) is 1.56. The Morgan fingerprint density at radius 2 is 2.00 bits per heavy atom. The van der Waals surface area contributed by atoms with Crippen molar-refractivity contribution in [3.05, 3.63) is 17.2 Å². The van der Waals surface area contributed by atoms with Gasteiger partial charge in [0.15, 0.2) is 11.5 Å². The van der Waals surface area contributed by atoms with Gasteiger partial charge in [0.1, 0.15) is 11.9 Å². The van der Waals surface area contributed by atoms with Crippen LogP contribution in [0.5, 0.6) is 17.2 Å². The lowest BCUT2D eigenvalue weighted by atomic mass is 10.0. The second kappa shape index (κ2) is 6.18. The van der Waals surface area contributed by atoms with Gasteiger partial charge in [-0.05, 0) is 25.3 Å². The number of phenols is 2. The molecule has 0 radical (unpaired) electrons. The minimum absolute atomic E-state index is 0.148. The minimum atomic E-state index is 0.148. The third kappa shape index (κ3) is 2.96. The molecule has 0 saturated carbocycles. The first-order chi connectivity index (χ1) is 9.17. The van der Waals surface area contributed by atoms with E-state index in [1.165, 1.54) is 12.8 Å². The van der Waals surface area contributed by atoms with Gasteiger partial charge in [-0.15, -0.1) is 0 Å². The Kier molecular flexibility index (Phi) is 4.56. The van der Waals surface area contributed by atoms with Crippen LogP contribution in [0.4, 0.5) is 0 Å². The Labute approximate surface area is 115 Å². The summed E-state index contributed by atoms with van der Waals surface area (Å²) >= 11 is 0. The Morgan fingerprint density at radius 1 is 1.21 bits per heavy atom. The van der Waals surface area contributed by atoms with Gasteiger partial charge in [-0.3, -0.25) is 0 Å². The van der Waals surface area contributed by atoms with E-state index < -0.39 is 0 Å². The summed E-state index contributed by atoms with van der Waals surface area (Å²) in [6, 6.07) is 1.76. The molecule has 1 heterocycles. The summed E-state index contributed by atoms with van der Waals surface area (Å²) < 4.78 is 5.87. The highest BCUT2D eigenvalue weighted by molar-refractivity contribution is 5.58. The van der Waals surface area contributed by atoms with Crippen LogP contribution in [0.2, 0.25) is 0 Å². The topological polar surface area (TPSA) is 49.7 Å². The molecule has 1 atom stereocenters. The van der Waals surface area contributed by atoms with Crippen LogP contribution in [-0.2, 0) is 12.8 Å². The highest BCUT2D eigenvalue weighted by Gasteiger charge is 2.28. The molecule has 19 heavy (non-hydrogen) atoms. The van der Waals surface area contributed by atoms with Gasteiger partial charge in [-0.1, -0.05) is 33.1 Å². The van der Waals surface area contributed by atoms with Gasteiger partial charge in [0.25, 0.3) is 0 Å². The zero-order chi connectivity index (χ0) is 13.8. The number of benzene rings is 1. The molecule has 106 valence electrons. The van der Waals surface area contributed by atoms with Crippen molar-refractivity contribution < 1.29 is 14.9 Å². The summed E-state index contributed by atoms with van der Waals surface area (Å²) in [5.74, 6) is 0.952. The molecule has 3 heteroatoms. The molecule has 1 aromatic rings. The number of rotatable bonds is 6. The van der Waals surface area contributed by atoms with Crippen molar-refractivity contribution in [1.29, 1.82) is 0 Å². The molecule has 0 spiro atoms. The predicted molar refractivity (Wildman–Crippen MR) is 76.0 cm³/mol. The van der Waals surface area contributed by atoms with Gasteiger partial charge >= 0.3 is 0 Å². The smallest absolute Gasteiger partial charge is 0.165 e. The van der Waals surface area contributed by atoms with Crippen molar-refractivity contribution >= 4 is 0 Å². The fraction of sp³-hybridized carbons (Fsp3) is 0.625. The van der Waals surface area contributed by atoms with Crippen LogP contribution in [0, 0.1) is 0 Å². The summed E-state index contributed by atoms with van der Waals surface area (Å²) in [6.45, 7) is 4.21. The van der Waals surface area contributed by atoms with Crippen LogP contribution in [0.15, 0.2) is 6.07 Å². The zero-order valence-electron chi connectivity index (χ0n) is 11.9. The first-order valence-corrected chi connectivity index (χ1v) is 7.40. The lowest BCUT2D eigenvalue weighted by molar-refractivity contribution is 0.209. The maximum absolute atomic E-state index is 10.2. The standard InChI is InChI=1S/C16H24O3/c1-3-5-6-8-12-9-11-10-14(17)13(7-4-2)15(18)16(11)19-12/h10,12,17-18H,3-9H2,1-2H3. The lowest BCUT2D eigenvalue weighted by Crippen LogP contribution is -2.12. The number of fused-ring (bicyclic) bond motifs is 1. The lowest BCUT2D eigenvalue weighted by Gasteiger charge is -2.12. The fourth-order valence-corrected chi connectivity index (χ4v) is 2.74. The summed E-state index contributed by atoms with van der Waals surface area (Å²) in [6.07, 6.45) is 7.11. The second-order valence-corrected chi connectivity index (χ2v) is 5.40. The zero-order valence-corrected chi connectivity index (χ0v) is 11.9. The first-order valence-electron chi connectivity index (χ1n) is 7.40. The van der Waals surface area contributed by atoms with Crippen LogP contribution in [0.25, 0.3) is 0 Å². The van der Waals surface area contributed by atoms with Crippen molar-refractivity contribution in [1.82, 2.24) is 0 Å². The summed E-state index contributed by atoms with van der Waals surface area (Å²) in [7, 11) is 0. The van der Waals surface area contributed by atoms with Crippen molar-refractivity contribution in [3.8, 4) is 17.2 Å². The van der Waals surface area contributed by atoms with Crippen LogP contribution in [-0.4, -0.2) is 16.3 Å². The SMILES string of the molecule is CCCCCC1Cc2cc(O)c(CCC)c(O)c2O1. The minimum Gasteiger partial charge on any atom is -0.508 e. The molecule has 2 rings (SSSR count). The molecule has 2 N–H and O–H groups in total. The molecule has 1 aliphatic heterocycles. The number of unbranched alkanes of at least 4 members (excludes halogenated alkanes) is 2. The molecular weight excluding hydrogens is 240 g/mol. The largest absolute Gasteiger partial charge is 0.508 e. The van der Waals surface area contributed by atoms with Gasteiger partial charge < -0.3 is 14.9 Å². The molecule has 1 unspecified atom stereocenters. The summed E-state index contributed by atoms with van der Waals surface area (Å²) in [5, 5.41) is 20.2. The van der Waals surface area contributed by atoms with E-state index in [1.807, 2.05) is 6.92 Å². The predicted octanol–water partition coefficient (Wildman–Crippen LogP) is 3.93. The normalized spacial score (nSPS) is 17.3. The molecular formula is C16H24O3. The van der Waals surface area contributed by atoms with Gasteiger partial charge in [-0.25, -0.2) is 0 Å². The fourth-order valence-electron chi connectivity index (χ4n) is 2.74. The highest BCUT2D eigenvalue weighted by Crippen LogP contribution is 2.45. The number of aromatic hydroxyl groups is 2. The Hall–Kier alpha value is -1.38. The monoisotopic (exact) mass is 264 g/mol. The summed E-state index contributed by atoms with van der Waals surface area (Å²) in [4.78, 5) is 0. The van der Waals surface area contributed by atoms with E-state index in [1.54, 1.807) is 6.07 Å². The number of hydrogen-bond donors (Lipinski definition) is 2. The van der Waals surface area contributed by atoms with Crippen LogP contribution >= 0.6 is 0 Å². The average Bonchev–Trinajstić information content (AvgIpc) is 2.78. The third-order valence-electron chi connectivity index (χ3n) is 3.77. The van der Waals surface area contributed by atoms with Gasteiger partial charge in [0, 0.05) is 17.5 Å². The molecule has 0 saturated heterocycles. The first kappa shape index (κ1) is 14.0. The Morgan fingerprint density at radius 3 is 2.68 bits per heavy atom. The van der Waals surface area contributed by atoms with E-state index >= 15 is 0 Å². The molecule has 0 aromatic heterocycles. The van der Waals surface area contributed by atoms with Gasteiger partial charge in [-0.2, -0.15) is 0 Å². The third-order valence-corrected chi connectivity index (χ3v) is 3.77. The van der Waals surface area contributed by atoms with Crippen LogP contribution in [0.1, 0.15) is 57.1 Å². The molecule has 1 aliphatic rings. The van der Waals surface area contributed by atoms with Crippen LogP contribution in [0.3, 0.4) is 0 Å². The maximum atomic E-state index is 10.2. The molecule has 1 aromatic carbocycles. The highest BCUT2D eigenvalue weighted by atomic mass is 16.5. The van der Waals surface area contributed by atoms with Crippen molar-refractivity contribution in [2.24, 2.45) is 0 Å². The maximum Gasteiger partial charge on any atom is 0.165 e. The van der Waals surface area contributed by atoms with Gasteiger partial charge in [0.05, 0.1) is 0 Å². The van der Waals surface area contributed by atoms with E-state index in [9.17, 15) is 10.2 Å². The molecule has 0 amide bonds. The molecule has 0 bridgehead atoms. The van der Waals surface area contributed by atoms with Crippen molar-refractivity contribution in [2.75, 3.05) is 0 Å².